The molecule has 0 fully saturated rings. The van der Waals surface area contributed by atoms with Gasteiger partial charge in [-0.1, -0.05) is 168 Å². The smallest absolute Gasteiger partial charge is 0.243 e. The van der Waals surface area contributed by atoms with Crippen molar-refractivity contribution in [3.8, 4) is 0 Å². The zero-order valence-corrected chi connectivity index (χ0v) is 53.3. The first-order chi connectivity index (χ1) is 42.5. The largest absolute Gasteiger partial charge is 0.311 e. The van der Waals surface area contributed by atoms with Crippen molar-refractivity contribution in [3.05, 3.63) is 282 Å². The molecule has 3 aliphatic rings. The van der Waals surface area contributed by atoms with E-state index in [4.69, 9.17) is 30.0 Å². The molecule has 0 saturated heterocycles. The van der Waals surface area contributed by atoms with Gasteiger partial charge in [0, 0.05) is 67.9 Å². The number of hydrogen-bond acceptors (Lipinski definition) is 10. The summed E-state index contributed by atoms with van der Waals surface area (Å²) in [5.41, 5.74) is 18.0. The molecule has 0 N–H and O–H groups in total. The maximum Gasteiger partial charge on any atom is 0.243 e. The molecule has 9 aromatic carbocycles. The Bertz CT molecular complexity index is 3980. The average Bonchev–Trinajstić information content (AvgIpc) is 2.11. The number of benzene rings is 9. The van der Waals surface area contributed by atoms with Crippen molar-refractivity contribution >= 4 is 86.6 Å². The first-order valence-corrected chi connectivity index (χ1v) is 30.8. The third-order valence-corrected chi connectivity index (χ3v) is 16.5. The minimum absolute atomic E-state index is 0.0162. The standard InChI is InChI=1S/C79H78N10/c1-14-19-53-20-18-23-69(52-53)88(61-21-16-15-17-22-61)64-42-28-56(29-43-64)72-84-74-82-70(54-24-38-62(39-25-54)86(65-44-30-57(31-45-65)76(2,3)4)66-46-32-58(33-47-66)77(5,6)7)80-73-81-71(83-75(85-72)89(73)74)55-26-40-63(41-27-55)87(67-48-34-59(35-49-67)78(8,9)10)68-50-36-60(37-51-68)79(11,12)13/h14-18,20-52H,1,19H2,2-13H3. The zero-order valence-electron chi connectivity index (χ0n) is 53.3. The van der Waals surface area contributed by atoms with E-state index in [9.17, 15) is 0 Å². The van der Waals surface area contributed by atoms with Gasteiger partial charge in [-0.3, -0.25) is 0 Å². The van der Waals surface area contributed by atoms with Crippen LogP contribution in [-0.4, -0.2) is 40.3 Å². The quantitative estimate of drug-likeness (QED) is 0.102. The van der Waals surface area contributed by atoms with Gasteiger partial charge in [0.1, 0.15) is 0 Å². The number of anilines is 9. The van der Waals surface area contributed by atoms with Crippen molar-refractivity contribution in [2.45, 2.75) is 111 Å². The molecule has 0 unspecified atom stereocenters. The average molecular weight is 1170 g/mol. The highest BCUT2D eigenvalue weighted by molar-refractivity contribution is 6.34. The third-order valence-electron chi connectivity index (χ3n) is 16.5. The number of guanidine groups is 3. The second-order valence-corrected chi connectivity index (χ2v) is 27.2. The van der Waals surface area contributed by atoms with E-state index in [1.54, 1.807) is 4.90 Å². The van der Waals surface area contributed by atoms with Crippen LogP contribution >= 0.6 is 0 Å². The van der Waals surface area contributed by atoms with E-state index in [1.165, 1.54) is 27.8 Å². The van der Waals surface area contributed by atoms with E-state index in [1.807, 2.05) is 12.1 Å². The minimum atomic E-state index is 0.0162. The Morgan fingerprint density at radius 1 is 0.303 bits per heavy atom. The van der Waals surface area contributed by atoms with Crippen LogP contribution in [0.15, 0.2) is 267 Å². The van der Waals surface area contributed by atoms with E-state index in [-0.39, 0.29) is 21.7 Å². The van der Waals surface area contributed by atoms with Gasteiger partial charge in [-0.2, -0.15) is 30.0 Å². The maximum absolute atomic E-state index is 5.21. The van der Waals surface area contributed by atoms with Crippen molar-refractivity contribution in [2.24, 2.45) is 30.0 Å². The van der Waals surface area contributed by atoms with Gasteiger partial charge in [0.05, 0.1) is 0 Å². The van der Waals surface area contributed by atoms with Crippen LogP contribution in [0, 0.1) is 0 Å². The fourth-order valence-corrected chi connectivity index (χ4v) is 11.3. The number of nitrogens with zero attached hydrogens (tertiary/aromatic N) is 10. The molecule has 89 heavy (non-hydrogen) atoms. The summed E-state index contributed by atoms with van der Waals surface area (Å²) < 4.78 is 0. The number of para-hydroxylation sites is 1. The number of amidine groups is 3. The van der Waals surface area contributed by atoms with E-state index in [0.29, 0.717) is 35.4 Å². The van der Waals surface area contributed by atoms with Crippen LogP contribution in [0.25, 0.3) is 0 Å². The van der Waals surface area contributed by atoms with Gasteiger partial charge in [-0.25, -0.2) is 4.90 Å². The van der Waals surface area contributed by atoms with Gasteiger partial charge in [0.2, 0.25) is 17.9 Å². The van der Waals surface area contributed by atoms with Crippen LogP contribution in [0.5, 0.6) is 0 Å². The Kier molecular flexibility index (Phi) is 15.7. The fraction of sp³-hybridized carbons (Fsp3) is 0.215. The van der Waals surface area contributed by atoms with Crippen molar-refractivity contribution in [2.75, 3.05) is 14.7 Å². The molecule has 12 rings (SSSR count). The molecule has 0 radical (unpaired) electrons. The Hall–Kier alpha value is -10.1. The van der Waals surface area contributed by atoms with Crippen molar-refractivity contribution < 1.29 is 0 Å². The molecule has 0 aliphatic carbocycles. The molecule has 0 aromatic heterocycles. The molecule has 3 heterocycles. The first-order valence-electron chi connectivity index (χ1n) is 30.8. The van der Waals surface area contributed by atoms with Crippen molar-refractivity contribution in [1.29, 1.82) is 0 Å². The summed E-state index contributed by atoms with van der Waals surface area (Å²) in [5.74, 6) is 2.52. The topological polar surface area (TPSA) is 87.1 Å². The molecule has 444 valence electrons. The first kappa shape index (κ1) is 59.3. The molecular formula is C79H78N10. The maximum atomic E-state index is 5.21. The summed E-state index contributed by atoms with van der Waals surface area (Å²) in [5, 5.41) is 0. The molecule has 0 bridgehead atoms. The molecule has 10 nitrogen and oxygen atoms in total. The Morgan fingerprint density at radius 3 is 0.843 bits per heavy atom. The summed E-state index contributed by atoms with van der Waals surface area (Å²) in [6.07, 6.45) is 2.71. The van der Waals surface area contributed by atoms with Gasteiger partial charge in [-0.05, 0) is 201 Å². The molecule has 0 spiro atoms. The summed E-state index contributed by atoms with van der Waals surface area (Å²) in [4.78, 5) is 39.8. The molecule has 0 atom stereocenters. The lowest BCUT2D eigenvalue weighted by Gasteiger charge is -2.31. The van der Waals surface area contributed by atoms with Crippen molar-refractivity contribution in [1.82, 2.24) is 4.90 Å². The Labute approximate surface area is 526 Å². The Balaban J connectivity index is 0.941. The number of allylic oxidation sites excluding steroid dienone is 1. The molecule has 10 heteroatoms. The summed E-state index contributed by atoms with van der Waals surface area (Å²) in [6.45, 7) is 31.0. The van der Waals surface area contributed by atoms with Gasteiger partial charge >= 0.3 is 0 Å². The van der Waals surface area contributed by atoms with E-state index >= 15 is 0 Å². The second-order valence-electron chi connectivity index (χ2n) is 27.2. The molecule has 0 amide bonds. The van der Waals surface area contributed by atoms with E-state index in [2.05, 4.69) is 323 Å². The molecule has 3 aliphatic heterocycles. The number of hydrogen-bond donors (Lipinski definition) is 0. The van der Waals surface area contributed by atoms with Crippen LogP contribution in [0.2, 0.25) is 0 Å². The lowest BCUT2D eigenvalue weighted by molar-refractivity contribution is 0.590. The molecule has 9 aromatic rings. The predicted octanol–water partition coefficient (Wildman–Crippen LogP) is 20.1. The van der Waals surface area contributed by atoms with E-state index < -0.39 is 0 Å². The Morgan fingerprint density at radius 2 is 0.562 bits per heavy atom. The van der Waals surface area contributed by atoms with Gasteiger partial charge in [0.25, 0.3) is 0 Å². The highest BCUT2D eigenvalue weighted by Gasteiger charge is 2.36. The zero-order chi connectivity index (χ0) is 62.4. The highest BCUT2D eigenvalue weighted by atomic mass is 15.5. The van der Waals surface area contributed by atoms with Crippen LogP contribution in [0.3, 0.4) is 0 Å². The number of rotatable bonds is 14. The van der Waals surface area contributed by atoms with Crippen LogP contribution in [-0.2, 0) is 28.1 Å². The van der Waals surface area contributed by atoms with Gasteiger partial charge in [0.15, 0.2) is 17.5 Å². The van der Waals surface area contributed by atoms with Crippen LogP contribution < -0.4 is 14.7 Å². The molecule has 0 saturated carbocycles. The normalized spacial score (nSPS) is 14.1. The summed E-state index contributed by atoms with van der Waals surface area (Å²) >= 11 is 0. The minimum Gasteiger partial charge on any atom is -0.311 e. The second kappa shape index (κ2) is 23.6. The highest BCUT2D eigenvalue weighted by Crippen LogP contribution is 2.41. The van der Waals surface area contributed by atoms with Gasteiger partial charge in [-0.15, -0.1) is 6.58 Å². The lowest BCUT2D eigenvalue weighted by Crippen LogP contribution is -2.48. The van der Waals surface area contributed by atoms with Gasteiger partial charge < -0.3 is 14.7 Å². The SMILES string of the molecule is C=CCc1cccc(N(c2ccccc2)c2ccc(C3=NC4=NC(c5ccc(N(c6ccc(C(C)(C)C)cc6)c6ccc(C(C)(C)C)cc6)cc5)=NC5=NC(c6ccc(N(c7ccc(C(C)(C)C)cc7)c7ccc(C(C)(C)C)cc7)cc6)=NC(=N3)N54)cc2)c1. The number of aliphatic imine (C=N–C) groups is 6. The summed E-state index contributed by atoms with van der Waals surface area (Å²) in [7, 11) is 0. The van der Waals surface area contributed by atoms with E-state index in [0.717, 1.165) is 74.3 Å². The van der Waals surface area contributed by atoms with Crippen molar-refractivity contribution in [3.63, 3.8) is 0 Å². The summed E-state index contributed by atoms with van der Waals surface area (Å²) in [6, 6.07) is 79.8. The van der Waals surface area contributed by atoms with Crippen LogP contribution in [0.4, 0.5) is 51.2 Å². The third kappa shape index (κ3) is 12.6. The predicted molar refractivity (Wildman–Crippen MR) is 376 cm³/mol. The monoisotopic (exact) mass is 1170 g/mol. The molecular weight excluding hydrogens is 1090 g/mol. The van der Waals surface area contributed by atoms with Crippen LogP contribution in [0.1, 0.15) is 128 Å². The lowest BCUT2D eigenvalue weighted by atomic mass is 9.86. The fourth-order valence-electron chi connectivity index (χ4n) is 11.3.